The second-order valence-electron chi connectivity index (χ2n) is 5.95. The molecule has 1 unspecified atom stereocenters. The first kappa shape index (κ1) is 16.2. The maximum atomic E-state index is 13.3. The normalized spacial score (nSPS) is 16.6. The van der Waals surface area contributed by atoms with Gasteiger partial charge in [0.1, 0.15) is 11.6 Å². The molecule has 0 amide bonds. The zero-order chi connectivity index (χ0) is 15.1. The van der Waals surface area contributed by atoms with E-state index in [-0.39, 0.29) is 6.04 Å². The van der Waals surface area contributed by atoms with Crippen molar-refractivity contribution >= 4 is 0 Å². The standard InChI is InChI=1S/C18H25F2N/c1-2-8-21-18(11-14-6-4-3-5-7-14)12-15-9-16(19)13-17(20)10-15/h6,9-10,13,18,21H,2-5,7-8,11-12H2,1H3. The number of nitrogens with one attached hydrogen (secondary N) is 1. The molecule has 1 aromatic carbocycles. The second-order valence-corrected chi connectivity index (χ2v) is 5.95. The lowest BCUT2D eigenvalue weighted by molar-refractivity contribution is 0.487. The van der Waals surface area contributed by atoms with E-state index in [0.29, 0.717) is 6.42 Å². The van der Waals surface area contributed by atoms with E-state index in [1.165, 1.54) is 43.4 Å². The quantitative estimate of drug-likeness (QED) is 0.714. The van der Waals surface area contributed by atoms with Gasteiger partial charge >= 0.3 is 0 Å². The monoisotopic (exact) mass is 293 g/mol. The molecule has 1 aromatic rings. The van der Waals surface area contributed by atoms with Gasteiger partial charge in [0, 0.05) is 12.1 Å². The third kappa shape index (κ3) is 5.58. The molecule has 0 aromatic heterocycles. The molecule has 1 aliphatic rings. The number of allylic oxidation sites excluding steroid dienone is 1. The number of benzene rings is 1. The molecule has 0 spiro atoms. The van der Waals surface area contributed by atoms with Gasteiger partial charge in [0.05, 0.1) is 0 Å². The summed E-state index contributed by atoms with van der Waals surface area (Å²) in [5.74, 6) is -0.979. The van der Waals surface area contributed by atoms with Crippen LogP contribution in [0.1, 0.15) is 51.0 Å². The number of hydrogen-bond donors (Lipinski definition) is 1. The van der Waals surface area contributed by atoms with Gasteiger partial charge < -0.3 is 5.32 Å². The van der Waals surface area contributed by atoms with E-state index in [2.05, 4.69) is 18.3 Å². The summed E-state index contributed by atoms with van der Waals surface area (Å²) >= 11 is 0. The first-order valence-corrected chi connectivity index (χ1v) is 8.03. The average molecular weight is 293 g/mol. The molecule has 3 heteroatoms. The summed E-state index contributed by atoms with van der Waals surface area (Å²) in [6.07, 6.45) is 9.95. The van der Waals surface area contributed by atoms with Crippen molar-refractivity contribution in [2.45, 2.75) is 57.9 Å². The molecule has 0 radical (unpaired) electrons. The van der Waals surface area contributed by atoms with Gasteiger partial charge in [0.15, 0.2) is 0 Å². The highest BCUT2D eigenvalue weighted by Gasteiger charge is 2.14. The first-order chi connectivity index (χ1) is 10.2. The highest BCUT2D eigenvalue weighted by atomic mass is 19.1. The maximum Gasteiger partial charge on any atom is 0.126 e. The van der Waals surface area contributed by atoms with Crippen LogP contribution in [0.5, 0.6) is 0 Å². The molecule has 0 saturated carbocycles. The van der Waals surface area contributed by atoms with Crippen LogP contribution in [0.25, 0.3) is 0 Å². The first-order valence-electron chi connectivity index (χ1n) is 8.03. The smallest absolute Gasteiger partial charge is 0.126 e. The molecule has 1 aliphatic carbocycles. The minimum atomic E-state index is -0.490. The van der Waals surface area contributed by atoms with Gasteiger partial charge in [-0.3, -0.25) is 0 Å². The average Bonchev–Trinajstić information content (AvgIpc) is 2.45. The molecular weight excluding hydrogens is 268 g/mol. The Hall–Kier alpha value is -1.22. The highest BCUT2D eigenvalue weighted by molar-refractivity contribution is 5.20. The van der Waals surface area contributed by atoms with Crippen LogP contribution in [0.4, 0.5) is 8.78 Å². The Balaban J connectivity index is 2.02. The summed E-state index contributed by atoms with van der Waals surface area (Å²) < 4.78 is 26.6. The van der Waals surface area contributed by atoms with Crippen LogP contribution in [-0.4, -0.2) is 12.6 Å². The summed E-state index contributed by atoms with van der Waals surface area (Å²) in [6, 6.07) is 4.08. The predicted molar refractivity (Wildman–Crippen MR) is 83.3 cm³/mol. The number of rotatable bonds is 7. The molecule has 0 heterocycles. The molecule has 1 atom stereocenters. The Morgan fingerprint density at radius 2 is 1.86 bits per heavy atom. The van der Waals surface area contributed by atoms with Crippen molar-refractivity contribution in [2.24, 2.45) is 0 Å². The SMILES string of the molecule is CCCNC(CC1=CCCCC1)Cc1cc(F)cc(F)c1. The van der Waals surface area contributed by atoms with E-state index < -0.39 is 11.6 Å². The van der Waals surface area contributed by atoms with Crippen LogP contribution in [0.15, 0.2) is 29.8 Å². The Labute approximate surface area is 126 Å². The van der Waals surface area contributed by atoms with E-state index in [1.807, 2.05) is 0 Å². The van der Waals surface area contributed by atoms with E-state index in [9.17, 15) is 8.78 Å². The lowest BCUT2D eigenvalue weighted by Crippen LogP contribution is -2.32. The van der Waals surface area contributed by atoms with Crippen molar-refractivity contribution < 1.29 is 8.78 Å². The minimum absolute atomic E-state index is 0.260. The highest BCUT2D eigenvalue weighted by Crippen LogP contribution is 2.23. The van der Waals surface area contributed by atoms with Gasteiger partial charge in [-0.05, 0) is 69.2 Å². The molecule has 0 saturated heterocycles. The van der Waals surface area contributed by atoms with Crippen molar-refractivity contribution in [3.63, 3.8) is 0 Å². The number of halogens is 2. The van der Waals surface area contributed by atoms with Crippen LogP contribution >= 0.6 is 0 Å². The van der Waals surface area contributed by atoms with Crippen molar-refractivity contribution in [2.75, 3.05) is 6.54 Å². The van der Waals surface area contributed by atoms with Crippen LogP contribution < -0.4 is 5.32 Å². The fraction of sp³-hybridized carbons (Fsp3) is 0.556. The van der Waals surface area contributed by atoms with Crippen LogP contribution in [-0.2, 0) is 6.42 Å². The summed E-state index contributed by atoms with van der Waals surface area (Å²) in [5, 5.41) is 3.52. The zero-order valence-electron chi connectivity index (χ0n) is 12.8. The Bertz CT molecular complexity index is 462. The fourth-order valence-corrected chi connectivity index (χ4v) is 2.98. The van der Waals surface area contributed by atoms with E-state index in [4.69, 9.17) is 0 Å². The lowest BCUT2D eigenvalue weighted by atomic mass is 9.91. The molecule has 0 fully saturated rings. The van der Waals surface area contributed by atoms with Gasteiger partial charge in [0.2, 0.25) is 0 Å². The summed E-state index contributed by atoms with van der Waals surface area (Å²) in [5.41, 5.74) is 2.23. The Kier molecular flexibility index (Phi) is 6.37. The van der Waals surface area contributed by atoms with Crippen LogP contribution in [0.3, 0.4) is 0 Å². The molecule has 1 nitrogen and oxygen atoms in total. The largest absolute Gasteiger partial charge is 0.313 e. The second kappa shape index (κ2) is 8.28. The zero-order valence-corrected chi connectivity index (χ0v) is 12.8. The molecule has 116 valence electrons. The molecule has 1 N–H and O–H groups in total. The fourth-order valence-electron chi connectivity index (χ4n) is 2.98. The summed E-state index contributed by atoms with van der Waals surface area (Å²) in [6.45, 7) is 3.07. The summed E-state index contributed by atoms with van der Waals surface area (Å²) in [7, 11) is 0. The lowest BCUT2D eigenvalue weighted by Gasteiger charge is -2.22. The van der Waals surface area contributed by atoms with Gasteiger partial charge in [-0.2, -0.15) is 0 Å². The molecular formula is C18H25F2N. The van der Waals surface area contributed by atoms with Gasteiger partial charge in [-0.1, -0.05) is 18.6 Å². The van der Waals surface area contributed by atoms with Gasteiger partial charge in [-0.15, -0.1) is 0 Å². The van der Waals surface area contributed by atoms with E-state index in [1.54, 1.807) is 0 Å². The third-order valence-electron chi connectivity index (χ3n) is 3.98. The van der Waals surface area contributed by atoms with Gasteiger partial charge in [-0.25, -0.2) is 8.78 Å². The summed E-state index contributed by atoms with van der Waals surface area (Å²) in [4.78, 5) is 0. The van der Waals surface area contributed by atoms with Crippen molar-refractivity contribution in [1.29, 1.82) is 0 Å². The van der Waals surface area contributed by atoms with E-state index >= 15 is 0 Å². The van der Waals surface area contributed by atoms with Crippen LogP contribution in [0, 0.1) is 11.6 Å². The van der Waals surface area contributed by atoms with Crippen LogP contribution in [0.2, 0.25) is 0 Å². The van der Waals surface area contributed by atoms with Crippen molar-refractivity contribution in [3.8, 4) is 0 Å². The molecule has 0 aliphatic heterocycles. The van der Waals surface area contributed by atoms with E-state index in [0.717, 1.165) is 31.0 Å². The Morgan fingerprint density at radius 1 is 1.10 bits per heavy atom. The number of hydrogen-bond acceptors (Lipinski definition) is 1. The maximum absolute atomic E-state index is 13.3. The topological polar surface area (TPSA) is 12.0 Å². The predicted octanol–water partition coefficient (Wildman–Crippen LogP) is 4.77. The van der Waals surface area contributed by atoms with Gasteiger partial charge in [0.25, 0.3) is 0 Å². The minimum Gasteiger partial charge on any atom is -0.313 e. The molecule has 21 heavy (non-hydrogen) atoms. The third-order valence-corrected chi connectivity index (χ3v) is 3.98. The molecule has 0 bridgehead atoms. The Morgan fingerprint density at radius 3 is 2.48 bits per heavy atom. The van der Waals surface area contributed by atoms with Crippen molar-refractivity contribution in [1.82, 2.24) is 5.32 Å². The molecule has 2 rings (SSSR count). The van der Waals surface area contributed by atoms with Crippen molar-refractivity contribution in [3.05, 3.63) is 47.0 Å².